The number of benzene rings is 2. The first kappa shape index (κ1) is 25.1. The quantitative estimate of drug-likeness (QED) is 0.251. The predicted molar refractivity (Wildman–Crippen MR) is 134 cm³/mol. The number of carbonyl (C=O) groups is 4. The van der Waals surface area contributed by atoms with Crippen molar-refractivity contribution in [3.63, 3.8) is 0 Å². The van der Waals surface area contributed by atoms with Gasteiger partial charge in [0.15, 0.2) is 5.78 Å². The van der Waals surface area contributed by atoms with Crippen molar-refractivity contribution in [1.29, 1.82) is 0 Å². The first-order chi connectivity index (χ1) is 17.4. The molecule has 8 nitrogen and oxygen atoms in total. The van der Waals surface area contributed by atoms with E-state index in [2.05, 4.69) is 10.3 Å². The van der Waals surface area contributed by atoms with Crippen molar-refractivity contribution in [2.75, 3.05) is 6.61 Å². The monoisotopic (exact) mass is 504 g/mol. The van der Waals surface area contributed by atoms with Gasteiger partial charge in [-0.1, -0.05) is 42.5 Å². The number of carbonyl (C=O) groups excluding carboxylic acids is 4. The maximum Gasteiger partial charge on any atom is 0.333 e. The van der Waals surface area contributed by atoms with Crippen molar-refractivity contribution in [3.8, 4) is 5.75 Å². The molecule has 36 heavy (non-hydrogen) atoms. The van der Waals surface area contributed by atoms with E-state index >= 15 is 0 Å². The van der Waals surface area contributed by atoms with E-state index in [1.54, 1.807) is 42.6 Å². The number of pyridine rings is 1. The highest BCUT2D eigenvalue weighted by molar-refractivity contribution is 8.16. The fourth-order valence-electron chi connectivity index (χ4n) is 3.63. The first-order valence-electron chi connectivity index (χ1n) is 11.3. The Morgan fingerprint density at radius 1 is 0.972 bits per heavy atom. The van der Waals surface area contributed by atoms with Crippen molar-refractivity contribution in [1.82, 2.24) is 10.3 Å². The Balaban J connectivity index is 1.37. The molecule has 1 atom stereocenters. The molecule has 0 radical (unpaired) electrons. The highest BCUT2D eigenvalue weighted by Crippen LogP contribution is 2.37. The molecule has 0 bridgehead atoms. The highest BCUT2D eigenvalue weighted by Gasteiger charge is 2.55. The van der Waals surface area contributed by atoms with E-state index < -0.39 is 21.9 Å². The van der Waals surface area contributed by atoms with Crippen LogP contribution in [0.4, 0.5) is 4.79 Å². The number of nitrogens with zero attached hydrogens (tertiary/aromatic N) is 1. The van der Waals surface area contributed by atoms with E-state index in [9.17, 15) is 19.2 Å². The number of hydrogen-bond acceptors (Lipinski definition) is 8. The Morgan fingerprint density at radius 2 is 1.72 bits per heavy atom. The standard InChI is InChI=1S/C27H24N2O6S/c1-18(30)21-9-10-22(28-16-21)13-14-34-23-11-7-19(8-12-23)15-27(24(31)29-26(33)36-27)25(32)35-17-20-5-3-2-4-6-20/h2-12,16H,13-15,17H2,1H3,(H,29,31,33)/t27-/m1/s1. The van der Waals surface area contributed by atoms with Gasteiger partial charge < -0.3 is 9.47 Å². The third-order valence-electron chi connectivity index (χ3n) is 5.63. The number of hydrogen-bond donors (Lipinski definition) is 1. The molecule has 0 spiro atoms. The van der Waals surface area contributed by atoms with Gasteiger partial charge in [-0.25, -0.2) is 4.79 Å². The van der Waals surface area contributed by atoms with E-state index in [4.69, 9.17) is 9.47 Å². The van der Waals surface area contributed by atoms with Crippen molar-refractivity contribution in [3.05, 3.63) is 95.3 Å². The van der Waals surface area contributed by atoms with Gasteiger partial charge in [0.05, 0.1) is 6.61 Å². The first-order valence-corrected chi connectivity index (χ1v) is 12.1. The molecule has 1 aromatic heterocycles. The van der Waals surface area contributed by atoms with Crippen LogP contribution in [0.15, 0.2) is 72.9 Å². The summed E-state index contributed by atoms with van der Waals surface area (Å²) >= 11 is 0.644. The molecule has 1 saturated heterocycles. The molecule has 0 unspecified atom stereocenters. The molecule has 3 aromatic rings. The van der Waals surface area contributed by atoms with Crippen LogP contribution >= 0.6 is 11.8 Å². The topological polar surface area (TPSA) is 112 Å². The number of ketones is 1. The van der Waals surface area contributed by atoms with E-state index in [1.807, 2.05) is 30.3 Å². The zero-order valence-electron chi connectivity index (χ0n) is 19.6. The Hall–Kier alpha value is -3.98. The molecule has 1 aliphatic heterocycles. The van der Waals surface area contributed by atoms with Crippen molar-refractivity contribution in [2.45, 2.75) is 31.1 Å². The summed E-state index contributed by atoms with van der Waals surface area (Å²) in [5, 5.41) is 1.62. The van der Waals surface area contributed by atoms with Crippen molar-refractivity contribution < 1.29 is 28.7 Å². The largest absolute Gasteiger partial charge is 0.493 e. The second-order valence-corrected chi connectivity index (χ2v) is 9.52. The van der Waals surface area contributed by atoms with Crippen LogP contribution in [0.3, 0.4) is 0 Å². The summed E-state index contributed by atoms with van der Waals surface area (Å²) in [6.07, 6.45) is 2.11. The van der Waals surface area contributed by atoms with Crippen LogP contribution in [0.5, 0.6) is 5.75 Å². The molecule has 1 aliphatic rings. The van der Waals surface area contributed by atoms with Gasteiger partial charge in [-0.2, -0.15) is 0 Å². The second-order valence-electron chi connectivity index (χ2n) is 8.25. The molecular formula is C27H24N2O6S. The minimum Gasteiger partial charge on any atom is -0.493 e. The third kappa shape index (κ3) is 5.98. The summed E-state index contributed by atoms with van der Waals surface area (Å²) in [5.41, 5.74) is 2.83. The van der Waals surface area contributed by atoms with Crippen molar-refractivity contribution >= 4 is 34.7 Å². The van der Waals surface area contributed by atoms with Gasteiger partial charge in [-0.3, -0.25) is 24.7 Å². The number of rotatable bonds is 10. The number of esters is 1. The number of aromatic nitrogens is 1. The van der Waals surface area contributed by atoms with Gasteiger partial charge in [0, 0.05) is 30.3 Å². The third-order valence-corrected chi connectivity index (χ3v) is 6.76. The zero-order chi connectivity index (χ0) is 25.5. The number of amides is 2. The zero-order valence-corrected chi connectivity index (χ0v) is 20.4. The van der Waals surface area contributed by atoms with E-state index in [0.29, 0.717) is 41.7 Å². The van der Waals surface area contributed by atoms with Crippen LogP contribution in [0, 0.1) is 0 Å². The van der Waals surface area contributed by atoms with Crippen LogP contribution in [-0.2, 0) is 33.8 Å². The van der Waals surface area contributed by atoms with Crippen molar-refractivity contribution in [2.24, 2.45) is 0 Å². The maximum absolute atomic E-state index is 13.0. The van der Waals surface area contributed by atoms with E-state index in [1.165, 1.54) is 6.92 Å². The molecule has 184 valence electrons. The summed E-state index contributed by atoms with van der Waals surface area (Å²) < 4.78 is 9.51. The Labute approximate surface area is 212 Å². The van der Waals surface area contributed by atoms with Gasteiger partial charge in [-0.05, 0) is 54.1 Å². The average Bonchev–Trinajstić information content (AvgIpc) is 3.17. The number of Topliss-reactive ketones (excluding diaryl/α,β-unsaturated/α-hetero) is 1. The lowest BCUT2D eigenvalue weighted by atomic mass is 9.97. The normalized spacial score (nSPS) is 16.9. The summed E-state index contributed by atoms with van der Waals surface area (Å²) in [6, 6.07) is 19.6. The summed E-state index contributed by atoms with van der Waals surface area (Å²) in [4.78, 5) is 53.2. The molecule has 1 fully saturated rings. The smallest absolute Gasteiger partial charge is 0.333 e. The van der Waals surface area contributed by atoms with Gasteiger partial charge >= 0.3 is 5.97 Å². The lowest BCUT2D eigenvalue weighted by Gasteiger charge is -2.22. The molecule has 9 heteroatoms. The Kier molecular flexibility index (Phi) is 7.80. The minimum absolute atomic E-state index is 0.00255. The second kappa shape index (κ2) is 11.2. The average molecular weight is 505 g/mol. The summed E-state index contributed by atoms with van der Waals surface area (Å²) in [7, 11) is 0. The molecule has 2 amide bonds. The van der Waals surface area contributed by atoms with Crippen LogP contribution < -0.4 is 10.1 Å². The lowest BCUT2D eigenvalue weighted by Crippen LogP contribution is -2.46. The van der Waals surface area contributed by atoms with Gasteiger partial charge in [-0.15, -0.1) is 0 Å². The Bertz CT molecular complexity index is 1260. The Morgan fingerprint density at radius 3 is 2.33 bits per heavy atom. The molecule has 4 rings (SSSR count). The van der Waals surface area contributed by atoms with Gasteiger partial charge in [0.25, 0.3) is 11.1 Å². The number of nitrogens with one attached hydrogen (secondary N) is 1. The number of imide groups is 1. The summed E-state index contributed by atoms with van der Waals surface area (Å²) in [5.74, 6) is -0.864. The molecule has 2 aromatic carbocycles. The maximum atomic E-state index is 13.0. The van der Waals surface area contributed by atoms with Crippen LogP contribution in [0.25, 0.3) is 0 Å². The summed E-state index contributed by atoms with van der Waals surface area (Å²) in [6.45, 7) is 1.88. The molecule has 2 heterocycles. The number of thioether (sulfide) groups is 1. The fourth-order valence-corrected chi connectivity index (χ4v) is 4.62. The molecule has 0 aliphatic carbocycles. The van der Waals surface area contributed by atoms with Gasteiger partial charge in [0.1, 0.15) is 12.4 Å². The minimum atomic E-state index is -1.69. The van der Waals surface area contributed by atoms with Crippen LogP contribution in [-0.4, -0.2) is 39.2 Å². The van der Waals surface area contributed by atoms with Crippen LogP contribution in [0.1, 0.15) is 34.1 Å². The fraction of sp³-hybridized carbons (Fsp3) is 0.222. The predicted octanol–water partition coefficient (Wildman–Crippen LogP) is 3.91. The van der Waals surface area contributed by atoms with Crippen LogP contribution in [0.2, 0.25) is 0 Å². The molecule has 1 N–H and O–H groups in total. The number of ether oxygens (including phenoxy) is 2. The van der Waals surface area contributed by atoms with E-state index in [-0.39, 0.29) is 18.8 Å². The molecular weight excluding hydrogens is 480 g/mol. The molecule has 0 saturated carbocycles. The van der Waals surface area contributed by atoms with E-state index in [0.717, 1.165) is 11.3 Å². The van der Waals surface area contributed by atoms with Gasteiger partial charge in [0.2, 0.25) is 4.75 Å². The SMILES string of the molecule is CC(=O)c1ccc(CCOc2ccc(C[C@@]3(C(=O)OCc4ccccc4)SC(=O)NC3=O)cc2)nc1. The highest BCUT2D eigenvalue weighted by atomic mass is 32.2. The lowest BCUT2D eigenvalue weighted by molar-refractivity contribution is -0.150.